The van der Waals surface area contributed by atoms with Crippen molar-refractivity contribution in [2.24, 2.45) is 0 Å². The Kier molecular flexibility index (Phi) is 5.00. The molecule has 1 aromatic carbocycles. The van der Waals surface area contributed by atoms with E-state index >= 15 is 0 Å². The Hall–Kier alpha value is -2.14. The lowest BCUT2D eigenvalue weighted by atomic mass is 10.1. The van der Waals surface area contributed by atoms with Crippen LogP contribution in [0.1, 0.15) is 65.0 Å². The molecular weight excluding hydrogens is 302 g/mol. The van der Waals surface area contributed by atoms with E-state index in [1.54, 1.807) is 6.20 Å². The number of hydrogen-bond donors (Lipinski definition) is 2. The van der Waals surface area contributed by atoms with E-state index in [0.717, 1.165) is 29.7 Å². The van der Waals surface area contributed by atoms with Crippen molar-refractivity contribution >= 4 is 5.91 Å². The van der Waals surface area contributed by atoms with Gasteiger partial charge in [0.25, 0.3) is 5.91 Å². The third kappa shape index (κ3) is 3.51. The van der Waals surface area contributed by atoms with Crippen LogP contribution in [0.4, 0.5) is 0 Å². The second kappa shape index (κ2) is 7.18. The van der Waals surface area contributed by atoms with Crippen molar-refractivity contribution < 1.29 is 9.90 Å². The summed E-state index contributed by atoms with van der Waals surface area (Å²) in [4.78, 5) is 12.4. The summed E-state index contributed by atoms with van der Waals surface area (Å²) in [6.45, 7) is 4.11. The Balaban J connectivity index is 1.63. The zero-order valence-electron chi connectivity index (χ0n) is 14.3. The Morgan fingerprint density at radius 2 is 2.12 bits per heavy atom. The van der Waals surface area contributed by atoms with E-state index in [-0.39, 0.29) is 12.5 Å². The topological polar surface area (TPSA) is 67.2 Å². The molecule has 1 aliphatic rings. The molecule has 1 amide bonds. The molecule has 1 saturated carbocycles. The minimum absolute atomic E-state index is 0.177. The van der Waals surface area contributed by atoms with Gasteiger partial charge in [-0.2, -0.15) is 5.10 Å². The van der Waals surface area contributed by atoms with Crippen LogP contribution in [0.5, 0.6) is 0 Å². The van der Waals surface area contributed by atoms with Gasteiger partial charge in [0.15, 0.2) is 0 Å². The van der Waals surface area contributed by atoms with Crippen LogP contribution in [0, 0.1) is 13.8 Å². The molecule has 1 fully saturated rings. The maximum absolute atomic E-state index is 12.4. The van der Waals surface area contributed by atoms with E-state index in [1.165, 1.54) is 12.8 Å². The first-order valence-electron chi connectivity index (χ1n) is 8.63. The first kappa shape index (κ1) is 16.7. The van der Waals surface area contributed by atoms with E-state index in [9.17, 15) is 9.90 Å². The van der Waals surface area contributed by atoms with Gasteiger partial charge in [0.2, 0.25) is 0 Å². The number of carbonyl (C=O) groups is 1. The molecule has 1 unspecified atom stereocenters. The molecule has 1 aliphatic carbocycles. The fraction of sp³-hybridized carbons (Fsp3) is 0.474. The molecule has 3 rings (SSSR count). The smallest absolute Gasteiger partial charge is 0.254 e. The van der Waals surface area contributed by atoms with Crippen molar-refractivity contribution in [3.8, 4) is 0 Å². The van der Waals surface area contributed by atoms with Gasteiger partial charge in [-0.1, -0.05) is 42.7 Å². The molecule has 0 saturated heterocycles. The number of aliphatic hydroxyl groups excluding tert-OH is 1. The molecule has 24 heavy (non-hydrogen) atoms. The lowest BCUT2D eigenvalue weighted by Gasteiger charge is -2.14. The van der Waals surface area contributed by atoms with Gasteiger partial charge in [0, 0.05) is 12.2 Å². The second-order valence-corrected chi connectivity index (χ2v) is 6.67. The van der Waals surface area contributed by atoms with E-state index in [1.807, 2.05) is 42.8 Å². The van der Waals surface area contributed by atoms with Crippen LogP contribution >= 0.6 is 0 Å². The average Bonchev–Trinajstić information content (AvgIpc) is 3.21. The first-order chi connectivity index (χ1) is 11.6. The predicted molar refractivity (Wildman–Crippen MR) is 92.9 cm³/mol. The largest absolute Gasteiger partial charge is 0.387 e. The third-order valence-corrected chi connectivity index (χ3v) is 4.84. The zero-order valence-corrected chi connectivity index (χ0v) is 14.3. The molecule has 1 aromatic heterocycles. The zero-order chi connectivity index (χ0) is 17.1. The van der Waals surface area contributed by atoms with Crippen molar-refractivity contribution in [2.75, 3.05) is 6.54 Å². The normalized spacial score (nSPS) is 16.3. The van der Waals surface area contributed by atoms with Gasteiger partial charge < -0.3 is 10.4 Å². The molecule has 2 N–H and O–H groups in total. The van der Waals surface area contributed by atoms with E-state index < -0.39 is 6.10 Å². The third-order valence-electron chi connectivity index (χ3n) is 4.84. The highest BCUT2D eigenvalue weighted by Crippen LogP contribution is 2.30. The molecule has 0 spiro atoms. The van der Waals surface area contributed by atoms with E-state index in [4.69, 9.17) is 0 Å². The number of benzene rings is 1. The fourth-order valence-corrected chi connectivity index (χ4v) is 3.44. The maximum Gasteiger partial charge on any atom is 0.254 e. The van der Waals surface area contributed by atoms with Crippen LogP contribution in [-0.2, 0) is 0 Å². The number of aliphatic hydroxyl groups is 1. The molecule has 5 heteroatoms. The summed E-state index contributed by atoms with van der Waals surface area (Å²) in [5.74, 6) is -0.177. The van der Waals surface area contributed by atoms with Crippen LogP contribution in [-0.4, -0.2) is 27.3 Å². The number of aromatic nitrogens is 2. The Morgan fingerprint density at radius 1 is 1.38 bits per heavy atom. The number of rotatable bonds is 5. The highest BCUT2D eigenvalue weighted by Gasteiger charge is 2.22. The number of nitrogens with zero attached hydrogens (tertiary/aromatic N) is 2. The van der Waals surface area contributed by atoms with Crippen molar-refractivity contribution in [3.05, 3.63) is 52.8 Å². The molecule has 5 nitrogen and oxygen atoms in total. The second-order valence-electron chi connectivity index (χ2n) is 6.67. The van der Waals surface area contributed by atoms with Gasteiger partial charge in [-0.15, -0.1) is 0 Å². The van der Waals surface area contributed by atoms with Crippen LogP contribution in [0.25, 0.3) is 0 Å². The molecule has 1 heterocycles. The van der Waals surface area contributed by atoms with Gasteiger partial charge in [-0.25, -0.2) is 0 Å². The summed E-state index contributed by atoms with van der Waals surface area (Å²) in [5.41, 5.74) is 3.41. The molecule has 0 radical (unpaired) electrons. The summed E-state index contributed by atoms with van der Waals surface area (Å²) < 4.78 is 1.99. The Morgan fingerprint density at radius 3 is 2.83 bits per heavy atom. The molecule has 1 atom stereocenters. The molecule has 128 valence electrons. The number of nitrogens with one attached hydrogen (secondary N) is 1. The van der Waals surface area contributed by atoms with Gasteiger partial charge in [-0.05, 0) is 32.3 Å². The minimum atomic E-state index is -0.709. The predicted octanol–water partition coefficient (Wildman–Crippen LogP) is 3.08. The SMILES string of the molecule is Cc1cccc(C(O)CNC(=O)c2cnn(C3CCCC3)c2C)c1. The van der Waals surface area contributed by atoms with Crippen molar-refractivity contribution in [1.29, 1.82) is 0 Å². The van der Waals surface area contributed by atoms with E-state index in [2.05, 4.69) is 10.4 Å². The van der Waals surface area contributed by atoms with Gasteiger partial charge in [0.1, 0.15) is 0 Å². The van der Waals surface area contributed by atoms with Crippen molar-refractivity contribution in [3.63, 3.8) is 0 Å². The minimum Gasteiger partial charge on any atom is -0.387 e. The quantitative estimate of drug-likeness (QED) is 0.887. The highest BCUT2D eigenvalue weighted by molar-refractivity contribution is 5.95. The maximum atomic E-state index is 12.4. The standard InChI is InChI=1S/C19H25N3O2/c1-13-6-5-7-15(10-13)18(23)12-20-19(24)17-11-21-22(14(17)2)16-8-3-4-9-16/h5-7,10-11,16,18,23H,3-4,8-9,12H2,1-2H3,(H,20,24). The number of hydrogen-bond acceptors (Lipinski definition) is 3. The molecule has 0 bridgehead atoms. The fourth-order valence-electron chi connectivity index (χ4n) is 3.44. The first-order valence-corrected chi connectivity index (χ1v) is 8.63. The summed E-state index contributed by atoms with van der Waals surface area (Å²) >= 11 is 0. The molecular formula is C19H25N3O2. The van der Waals surface area contributed by atoms with Crippen LogP contribution in [0.15, 0.2) is 30.5 Å². The van der Waals surface area contributed by atoms with Crippen LogP contribution < -0.4 is 5.32 Å². The summed E-state index contributed by atoms with van der Waals surface area (Å²) in [6, 6.07) is 8.11. The summed E-state index contributed by atoms with van der Waals surface area (Å²) in [5, 5.41) is 17.5. The van der Waals surface area contributed by atoms with Gasteiger partial charge >= 0.3 is 0 Å². The van der Waals surface area contributed by atoms with Gasteiger partial charge in [-0.3, -0.25) is 9.48 Å². The number of amides is 1. The van der Waals surface area contributed by atoms with Crippen LogP contribution in [0.3, 0.4) is 0 Å². The Bertz CT molecular complexity index is 717. The number of carbonyl (C=O) groups excluding carboxylic acids is 1. The van der Waals surface area contributed by atoms with Crippen LogP contribution in [0.2, 0.25) is 0 Å². The Labute approximate surface area is 142 Å². The summed E-state index contributed by atoms with van der Waals surface area (Å²) in [6.07, 6.45) is 5.66. The average molecular weight is 327 g/mol. The van der Waals surface area contributed by atoms with Gasteiger partial charge in [0.05, 0.1) is 23.9 Å². The van der Waals surface area contributed by atoms with Crippen molar-refractivity contribution in [1.82, 2.24) is 15.1 Å². The monoisotopic (exact) mass is 327 g/mol. The summed E-state index contributed by atoms with van der Waals surface area (Å²) in [7, 11) is 0. The molecule has 0 aliphatic heterocycles. The lowest BCUT2D eigenvalue weighted by Crippen LogP contribution is -2.28. The lowest BCUT2D eigenvalue weighted by molar-refractivity contribution is 0.0915. The van der Waals surface area contributed by atoms with Crippen molar-refractivity contribution in [2.45, 2.75) is 51.7 Å². The highest BCUT2D eigenvalue weighted by atomic mass is 16.3. The number of aryl methyl sites for hydroxylation is 1. The van der Waals surface area contributed by atoms with E-state index in [0.29, 0.717) is 11.6 Å². The molecule has 2 aromatic rings.